The quantitative estimate of drug-likeness (QED) is 0.769. The molecule has 0 spiro atoms. The molecule has 0 aliphatic heterocycles. The zero-order valence-corrected chi connectivity index (χ0v) is 11.3. The monoisotopic (exact) mass is 308 g/mol. The third-order valence-electron chi connectivity index (χ3n) is 2.49. The maximum absolute atomic E-state index is 12.5. The molecular weight excluding hydrogens is 293 g/mol. The first-order valence-corrected chi connectivity index (χ1v) is 5.90. The Balaban J connectivity index is 2.69. The molecule has 1 aromatic heterocycles. The molecule has 0 saturated heterocycles. The number of amides is 1. The molecule has 1 amide bonds. The molecule has 21 heavy (non-hydrogen) atoms. The van der Waals surface area contributed by atoms with Crippen LogP contribution >= 0.6 is 0 Å². The lowest BCUT2D eigenvalue weighted by Crippen LogP contribution is -2.42. The van der Waals surface area contributed by atoms with Crippen molar-refractivity contribution in [3.8, 4) is 0 Å². The van der Waals surface area contributed by atoms with Gasteiger partial charge in [0.15, 0.2) is 0 Å². The number of halogens is 3. The average Bonchev–Trinajstić information content (AvgIpc) is 2.78. The van der Waals surface area contributed by atoms with Crippen LogP contribution in [0.4, 0.5) is 18.9 Å². The zero-order chi connectivity index (χ0) is 16.0. The Hall–Kier alpha value is -2.26. The van der Waals surface area contributed by atoms with Crippen LogP contribution in [0.5, 0.6) is 0 Å². The number of nitrogens with zero attached hydrogens (tertiary/aromatic N) is 3. The number of carbonyl (C=O) groups excluding carboxylic acids is 2. The van der Waals surface area contributed by atoms with E-state index in [1.54, 1.807) is 0 Å². The second-order valence-electron chi connectivity index (χ2n) is 4.23. The van der Waals surface area contributed by atoms with Crippen molar-refractivity contribution in [1.29, 1.82) is 0 Å². The molecule has 0 aliphatic rings. The molecule has 0 unspecified atom stereocenters. The van der Waals surface area contributed by atoms with E-state index in [9.17, 15) is 22.8 Å². The van der Waals surface area contributed by atoms with Crippen molar-refractivity contribution >= 4 is 17.6 Å². The maximum atomic E-state index is 12.5. The van der Waals surface area contributed by atoms with Crippen LogP contribution < -0.4 is 5.73 Å². The van der Waals surface area contributed by atoms with Gasteiger partial charge in [0.25, 0.3) is 0 Å². The lowest BCUT2D eigenvalue weighted by Gasteiger charge is -2.23. The molecule has 118 valence electrons. The normalized spacial score (nSPS) is 11.2. The Morgan fingerprint density at radius 2 is 2.14 bits per heavy atom. The van der Waals surface area contributed by atoms with Crippen LogP contribution in [0.1, 0.15) is 6.42 Å². The van der Waals surface area contributed by atoms with Gasteiger partial charge in [-0.25, -0.2) is 0 Å². The van der Waals surface area contributed by atoms with Crippen molar-refractivity contribution in [3.63, 3.8) is 0 Å². The highest BCUT2D eigenvalue weighted by atomic mass is 19.4. The van der Waals surface area contributed by atoms with E-state index in [2.05, 4.69) is 9.84 Å². The molecule has 0 atom stereocenters. The Morgan fingerprint density at radius 3 is 2.62 bits per heavy atom. The number of anilines is 1. The number of hydrogen-bond donors (Lipinski definition) is 1. The first-order valence-electron chi connectivity index (χ1n) is 5.90. The third kappa shape index (κ3) is 6.15. The van der Waals surface area contributed by atoms with Gasteiger partial charge in [-0.05, 0) is 0 Å². The SMILES string of the molecule is COC(=O)CCN(CC(F)(F)F)C(=O)Cn1cc(N)cn1. The van der Waals surface area contributed by atoms with Crippen LogP contribution in [0.15, 0.2) is 12.4 Å². The van der Waals surface area contributed by atoms with E-state index in [4.69, 9.17) is 5.73 Å². The van der Waals surface area contributed by atoms with Gasteiger partial charge in [-0.1, -0.05) is 0 Å². The van der Waals surface area contributed by atoms with Gasteiger partial charge in [0.05, 0.1) is 25.4 Å². The summed E-state index contributed by atoms with van der Waals surface area (Å²) in [6.07, 6.45) is -2.28. The number of carbonyl (C=O) groups is 2. The molecule has 7 nitrogen and oxygen atoms in total. The van der Waals surface area contributed by atoms with Crippen molar-refractivity contribution in [3.05, 3.63) is 12.4 Å². The second kappa shape index (κ2) is 6.95. The summed E-state index contributed by atoms with van der Waals surface area (Å²) < 4.78 is 42.9. The number of methoxy groups -OCH3 is 1. The number of hydrogen-bond acceptors (Lipinski definition) is 5. The average molecular weight is 308 g/mol. The molecule has 2 N–H and O–H groups in total. The number of aromatic nitrogens is 2. The summed E-state index contributed by atoms with van der Waals surface area (Å²) in [4.78, 5) is 23.4. The summed E-state index contributed by atoms with van der Waals surface area (Å²) in [5, 5.41) is 3.72. The summed E-state index contributed by atoms with van der Waals surface area (Å²) in [7, 11) is 1.12. The first kappa shape index (κ1) is 16.8. The lowest BCUT2D eigenvalue weighted by molar-refractivity contribution is -0.163. The smallest absolute Gasteiger partial charge is 0.406 e. The summed E-state index contributed by atoms with van der Waals surface area (Å²) in [6.45, 7) is -2.23. The molecule has 10 heteroatoms. The fraction of sp³-hybridized carbons (Fsp3) is 0.545. The van der Waals surface area contributed by atoms with E-state index in [-0.39, 0.29) is 13.0 Å². The summed E-state index contributed by atoms with van der Waals surface area (Å²) in [5.41, 5.74) is 5.69. The predicted octanol–water partition coefficient (Wildman–Crippen LogP) is 0.419. The lowest BCUT2D eigenvalue weighted by atomic mass is 10.3. The summed E-state index contributed by atoms with van der Waals surface area (Å²) in [5.74, 6) is -1.52. The molecule has 0 aromatic carbocycles. The van der Waals surface area contributed by atoms with Crippen molar-refractivity contribution in [2.24, 2.45) is 0 Å². The van der Waals surface area contributed by atoms with Gasteiger partial charge in [-0.15, -0.1) is 0 Å². The number of esters is 1. The van der Waals surface area contributed by atoms with E-state index in [1.807, 2.05) is 0 Å². The Bertz CT molecular complexity index is 501. The van der Waals surface area contributed by atoms with Crippen LogP contribution in [0.3, 0.4) is 0 Å². The molecule has 1 aromatic rings. The fourth-order valence-electron chi connectivity index (χ4n) is 1.54. The van der Waals surface area contributed by atoms with Gasteiger partial charge in [0.2, 0.25) is 5.91 Å². The minimum Gasteiger partial charge on any atom is -0.469 e. The number of rotatable bonds is 6. The fourth-order valence-corrected chi connectivity index (χ4v) is 1.54. The van der Waals surface area contributed by atoms with E-state index in [1.165, 1.54) is 12.4 Å². The molecule has 1 heterocycles. The van der Waals surface area contributed by atoms with Gasteiger partial charge in [0.1, 0.15) is 13.1 Å². The molecule has 0 fully saturated rings. The predicted molar refractivity (Wildman–Crippen MR) is 65.9 cm³/mol. The minimum absolute atomic E-state index is 0.291. The van der Waals surface area contributed by atoms with Gasteiger partial charge in [0, 0.05) is 12.7 Å². The Kier molecular flexibility index (Phi) is 5.56. The van der Waals surface area contributed by atoms with Gasteiger partial charge >= 0.3 is 12.1 Å². The second-order valence-corrected chi connectivity index (χ2v) is 4.23. The number of nitrogen functional groups attached to an aromatic ring is 1. The number of ether oxygens (including phenoxy) is 1. The molecule has 0 bridgehead atoms. The molecule has 1 rings (SSSR count). The summed E-state index contributed by atoms with van der Waals surface area (Å²) >= 11 is 0. The standard InChI is InChI=1S/C11H15F3N4O3/c1-21-10(20)2-3-17(7-11(12,13)14)9(19)6-18-5-8(15)4-16-18/h4-5H,2-3,6-7,15H2,1H3. The Labute approximate surface area is 118 Å². The largest absolute Gasteiger partial charge is 0.469 e. The Morgan fingerprint density at radius 1 is 1.48 bits per heavy atom. The highest BCUT2D eigenvalue weighted by Gasteiger charge is 2.33. The molecule has 0 saturated carbocycles. The van der Waals surface area contributed by atoms with E-state index < -0.39 is 31.1 Å². The van der Waals surface area contributed by atoms with E-state index in [0.717, 1.165) is 11.8 Å². The number of alkyl halides is 3. The van der Waals surface area contributed by atoms with Gasteiger partial charge in [-0.2, -0.15) is 18.3 Å². The highest BCUT2D eigenvalue weighted by Crippen LogP contribution is 2.17. The molecule has 0 radical (unpaired) electrons. The molecular formula is C11H15F3N4O3. The zero-order valence-electron chi connectivity index (χ0n) is 11.3. The molecule has 0 aliphatic carbocycles. The van der Waals surface area contributed by atoms with Crippen LogP contribution in [0.25, 0.3) is 0 Å². The third-order valence-corrected chi connectivity index (χ3v) is 2.49. The van der Waals surface area contributed by atoms with Crippen LogP contribution in [0, 0.1) is 0 Å². The summed E-state index contributed by atoms with van der Waals surface area (Å²) in [6, 6.07) is 0. The topological polar surface area (TPSA) is 90.5 Å². The van der Waals surface area contributed by atoms with Crippen molar-refractivity contribution in [1.82, 2.24) is 14.7 Å². The van der Waals surface area contributed by atoms with Crippen molar-refractivity contribution in [2.75, 3.05) is 25.9 Å². The first-order chi connectivity index (χ1) is 9.71. The van der Waals surface area contributed by atoms with Crippen molar-refractivity contribution < 1.29 is 27.5 Å². The van der Waals surface area contributed by atoms with E-state index >= 15 is 0 Å². The maximum Gasteiger partial charge on any atom is 0.406 e. The van der Waals surface area contributed by atoms with E-state index in [0.29, 0.717) is 10.6 Å². The van der Waals surface area contributed by atoms with Crippen LogP contribution in [-0.2, 0) is 20.9 Å². The van der Waals surface area contributed by atoms with Crippen LogP contribution in [0.2, 0.25) is 0 Å². The van der Waals surface area contributed by atoms with Crippen molar-refractivity contribution in [2.45, 2.75) is 19.1 Å². The van der Waals surface area contributed by atoms with Gasteiger partial charge in [-0.3, -0.25) is 14.3 Å². The van der Waals surface area contributed by atoms with Gasteiger partial charge < -0.3 is 15.4 Å². The highest BCUT2D eigenvalue weighted by molar-refractivity contribution is 5.77. The minimum atomic E-state index is -4.56. The number of nitrogens with two attached hydrogens (primary N) is 1. The van der Waals surface area contributed by atoms with Crippen LogP contribution in [-0.4, -0.2) is 52.9 Å².